The molecule has 7 N–H and O–H groups in total. The first-order chi connectivity index (χ1) is 18.6. The molecule has 1 aliphatic heterocycles. The van der Waals surface area contributed by atoms with Crippen molar-refractivity contribution in [3.8, 4) is 0 Å². The van der Waals surface area contributed by atoms with E-state index in [2.05, 4.69) is 6.58 Å². The minimum absolute atomic E-state index is 0.0172. The zero-order valence-corrected chi connectivity index (χ0v) is 23.4. The maximum absolute atomic E-state index is 12.7. The lowest BCUT2D eigenvalue weighted by Crippen LogP contribution is -2.67. The van der Waals surface area contributed by atoms with Crippen LogP contribution in [0.15, 0.2) is 12.2 Å². The molecule has 2 aliphatic carbocycles. The average Bonchev–Trinajstić information content (AvgIpc) is 2.91. The SMILES string of the molecule is C=C(C(=O)OC)[C@@H]1CC[C@]2(C)[C@H]([C@H]1O)[C@](O)(CO[C@@H]1O[C@H](CO)[C@@H](O)[C@@H](O)[C@H]1O)CC[C@H]2OC(=O)[C@H](O)C(C)C. The number of aliphatic hydroxyl groups excluding tert-OH is 6. The lowest BCUT2D eigenvalue weighted by Gasteiger charge is -2.59. The van der Waals surface area contributed by atoms with E-state index >= 15 is 0 Å². The van der Waals surface area contributed by atoms with Gasteiger partial charge in [0.25, 0.3) is 0 Å². The monoisotopic (exact) mass is 576 g/mol. The van der Waals surface area contributed by atoms with Crippen LogP contribution in [0.1, 0.15) is 46.5 Å². The third-order valence-corrected chi connectivity index (χ3v) is 8.98. The molecule has 0 bridgehead atoms. The van der Waals surface area contributed by atoms with E-state index in [0.717, 1.165) is 0 Å². The lowest BCUT2D eigenvalue weighted by molar-refractivity contribution is -0.319. The number of esters is 2. The predicted octanol–water partition coefficient (Wildman–Crippen LogP) is -1.62. The van der Waals surface area contributed by atoms with Gasteiger partial charge in [-0.1, -0.05) is 27.4 Å². The van der Waals surface area contributed by atoms with Crippen molar-refractivity contribution >= 4 is 11.9 Å². The van der Waals surface area contributed by atoms with E-state index < -0.39 is 103 Å². The molecule has 13 heteroatoms. The fraction of sp³-hybridized carbons (Fsp3) is 0.852. The largest absolute Gasteiger partial charge is 0.466 e. The zero-order valence-electron chi connectivity index (χ0n) is 23.4. The maximum Gasteiger partial charge on any atom is 0.335 e. The van der Waals surface area contributed by atoms with E-state index in [9.17, 15) is 45.3 Å². The van der Waals surface area contributed by atoms with Gasteiger partial charge >= 0.3 is 11.9 Å². The number of hydrogen-bond donors (Lipinski definition) is 7. The molecule has 0 spiro atoms. The Labute approximate surface area is 233 Å². The molecule has 1 heterocycles. The first-order valence-corrected chi connectivity index (χ1v) is 13.6. The Balaban J connectivity index is 1.91. The van der Waals surface area contributed by atoms with Crippen LogP contribution in [0.5, 0.6) is 0 Å². The van der Waals surface area contributed by atoms with Crippen molar-refractivity contribution in [1.82, 2.24) is 0 Å². The van der Waals surface area contributed by atoms with Gasteiger partial charge < -0.3 is 54.7 Å². The van der Waals surface area contributed by atoms with E-state index in [1.54, 1.807) is 20.8 Å². The van der Waals surface area contributed by atoms with Crippen molar-refractivity contribution in [2.75, 3.05) is 20.3 Å². The molecule has 3 rings (SSSR count). The Kier molecular flexibility index (Phi) is 10.4. The van der Waals surface area contributed by atoms with Crippen LogP contribution in [0.25, 0.3) is 0 Å². The molecule has 3 aliphatic rings. The van der Waals surface area contributed by atoms with Crippen molar-refractivity contribution in [2.45, 2.75) is 101 Å². The number of rotatable bonds is 9. The standard InChI is InChI=1S/C27H44O13/c1-12(2)17(29)24(35)40-16-7-9-27(36,11-38-25-21(33)20(32)19(31)15(10-28)39-25)22-18(30)14(6-8-26(16,22)4)13(3)23(34)37-5/h12,14-22,25,28-33,36H,3,6-11H2,1-2,4-5H3/t14-,15+,16+,17+,18-,19+,20+,21+,22-,25+,26-,27+/m0/s1. The number of ether oxygens (including phenoxy) is 4. The molecule has 0 radical (unpaired) electrons. The van der Waals surface area contributed by atoms with Gasteiger partial charge in [0, 0.05) is 22.8 Å². The van der Waals surface area contributed by atoms with E-state index in [1.165, 1.54) is 7.11 Å². The summed E-state index contributed by atoms with van der Waals surface area (Å²) in [5, 5.41) is 73.9. The first-order valence-electron chi connectivity index (χ1n) is 13.6. The molecular weight excluding hydrogens is 532 g/mol. The summed E-state index contributed by atoms with van der Waals surface area (Å²) in [6.45, 7) is 7.69. The van der Waals surface area contributed by atoms with Crippen LogP contribution >= 0.6 is 0 Å². The van der Waals surface area contributed by atoms with E-state index in [1.807, 2.05) is 0 Å². The van der Waals surface area contributed by atoms with Crippen molar-refractivity contribution in [1.29, 1.82) is 0 Å². The van der Waals surface area contributed by atoms with E-state index in [4.69, 9.17) is 18.9 Å². The van der Waals surface area contributed by atoms with Gasteiger partial charge in [-0.25, -0.2) is 9.59 Å². The number of aliphatic hydroxyl groups is 7. The Morgan fingerprint density at radius 2 is 1.70 bits per heavy atom. The molecule has 0 aromatic carbocycles. The molecule has 0 amide bonds. The second-order valence-corrected chi connectivity index (χ2v) is 11.9. The smallest absolute Gasteiger partial charge is 0.335 e. The van der Waals surface area contributed by atoms with Crippen LogP contribution in [0, 0.1) is 23.2 Å². The normalized spacial score (nSPS) is 42.5. The highest BCUT2D eigenvalue weighted by atomic mass is 16.7. The van der Waals surface area contributed by atoms with Gasteiger partial charge in [-0.3, -0.25) is 0 Å². The minimum atomic E-state index is -1.80. The molecule has 2 saturated carbocycles. The van der Waals surface area contributed by atoms with Gasteiger partial charge in [0.1, 0.15) is 30.5 Å². The van der Waals surface area contributed by atoms with Gasteiger partial charge in [0.05, 0.1) is 32.0 Å². The van der Waals surface area contributed by atoms with E-state index in [-0.39, 0.29) is 24.8 Å². The number of carbonyl (C=O) groups excluding carboxylic acids is 2. The number of methoxy groups -OCH3 is 1. The number of carbonyl (C=O) groups is 2. The van der Waals surface area contributed by atoms with Gasteiger partial charge in [0.2, 0.25) is 0 Å². The molecule has 40 heavy (non-hydrogen) atoms. The molecule has 230 valence electrons. The van der Waals surface area contributed by atoms with Crippen LogP contribution in [-0.2, 0) is 28.5 Å². The number of fused-ring (bicyclic) bond motifs is 1. The first kappa shape index (κ1) is 32.8. The van der Waals surface area contributed by atoms with Gasteiger partial charge in [-0.2, -0.15) is 0 Å². The molecule has 0 unspecified atom stereocenters. The highest BCUT2D eigenvalue weighted by molar-refractivity contribution is 5.88. The van der Waals surface area contributed by atoms with Crippen LogP contribution in [0.2, 0.25) is 0 Å². The van der Waals surface area contributed by atoms with Crippen molar-refractivity contribution in [3.63, 3.8) is 0 Å². The fourth-order valence-electron chi connectivity index (χ4n) is 6.51. The summed E-state index contributed by atoms with van der Waals surface area (Å²) in [6.07, 6.45) is -10.6. The molecule has 0 aromatic heterocycles. The molecule has 1 saturated heterocycles. The second kappa shape index (κ2) is 12.7. The molecule has 12 atom stereocenters. The molecule has 3 fully saturated rings. The topological polar surface area (TPSA) is 213 Å². The van der Waals surface area contributed by atoms with Gasteiger partial charge in [-0.05, 0) is 31.6 Å². The van der Waals surface area contributed by atoms with Crippen molar-refractivity contribution in [2.24, 2.45) is 23.2 Å². The van der Waals surface area contributed by atoms with Crippen LogP contribution in [0.3, 0.4) is 0 Å². The summed E-state index contributed by atoms with van der Waals surface area (Å²) in [4.78, 5) is 25.0. The van der Waals surface area contributed by atoms with Gasteiger partial charge in [0.15, 0.2) is 12.4 Å². The minimum Gasteiger partial charge on any atom is -0.466 e. The summed E-state index contributed by atoms with van der Waals surface area (Å²) >= 11 is 0. The third-order valence-electron chi connectivity index (χ3n) is 8.98. The fourth-order valence-corrected chi connectivity index (χ4v) is 6.51. The maximum atomic E-state index is 12.7. The molecule has 13 nitrogen and oxygen atoms in total. The Morgan fingerprint density at radius 1 is 1.05 bits per heavy atom. The quantitative estimate of drug-likeness (QED) is 0.122. The Hall–Kier alpha value is -1.68. The number of hydrogen-bond acceptors (Lipinski definition) is 13. The Bertz CT molecular complexity index is 924. The van der Waals surface area contributed by atoms with Gasteiger partial charge in [-0.15, -0.1) is 0 Å². The van der Waals surface area contributed by atoms with E-state index in [0.29, 0.717) is 6.42 Å². The van der Waals surface area contributed by atoms with Crippen molar-refractivity contribution < 1.29 is 64.3 Å². The molecule has 0 aromatic rings. The average molecular weight is 577 g/mol. The molecular formula is C27H44O13. The zero-order chi connectivity index (χ0) is 30.2. The van der Waals surface area contributed by atoms with Crippen LogP contribution in [0.4, 0.5) is 0 Å². The highest BCUT2D eigenvalue weighted by Gasteiger charge is 2.63. The highest BCUT2D eigenvalue weighted by Crippen LogP contribution is 2.57. The second-order valence-electron chi connectivity index (χ2n) is 11.9. The summed E-state index contributed by atoms with van der Waals surface area (Å²) < 4.78 is 21.6. The third kappa shape index (κ3) is 6.08. The summed E-state index contributed by atoms with van der Waals surface area (Å²) in [6, 6.07) is 0. The summed E-state index contributed by atoms with van der Waals surface area (Å²) in [5.74, 6) is -3.77. The Morgan fingerprint density at radius 3 is 2.27 bits per heavy atom. The summed E-state index contributed by atoms with van der Waals surface area (Å²) in [5.41, 5.74) is -2.82. The predicted molar refractivity (Wildman–Crippen MR) is 136 cm³/mol. The van der Waals surface area contributed by atoms with Crippen LogP contribution < -0.4 is 0 Å². The van der Waals surface area contributed by atoms with Crippen LogP contribution in [-0.4, -0.2) is 123 Å². The summed E-state index contributed by atoms with van der Waals surface area (Å²) in [7, 11) is 1.19. The lowest BCUT2D eigenvalue weighted by atomic mass is 9.50. The van der Waals surface area contributed by atoms with Crippen molar-refractivity contribution in [3.05, 3.63) is 12.2 Å².